The van der Waals surface area contributed by atoms with E-state index in [1.165, 1.54) is 65.8 Å². The van der Waals surface area contributed by atoms with Crippen molar-refractivity contribution in [1.82, 2.24) is 4.48 Å². The number of hydrogen-bond donors (Lipinski definition) is 0. The van der Waals surface area contributed by atoms with Crippen molar-refractivity contribution in [2.24, 2.45) is 0 Å². The van der Waals surface area contributed by atoms with Crippen molar-refractivity contribution in [2.75, 3.05) is 0 Å². The zero-order valence-corrected chi connectivity index (χ0v) is 22.6. The molecular weight excluding hydrogens is 494 g/mol. The Morgan fingerprint density at radius 3 is 0.707 bits per heavy atom. The monoisotopic (exact) mass is 522 g/mol. The van der Waals surface area contributed by atoms with Crippen LogP contribution in [-0.2, 0) is 0 Å². The van der Waals surface area contributed by atoms with E-state index in [0.29, 0.717) is 4.48 Å². The molecule has 41 heavy (non-hydrogen) atoms. The summed E-state index contributed by atoms with van der Waals surface area (Å²) in [4.78, 5) is 0. The van der Waals surface area contributed by atoms with Gasteiger partial charge in [-0.05, 0) is 45.8 Å². The van der Waals surface area contributed by atoms with E-state index in [1.54, 1.807) is 0 Å². The summed E-state index contributed by atoms with van der Waals surface area (Å²) in [5.74, 6) is 0. The quantitative estimate of drug-likeness (QED) is 0.202. The van der Waals surface area contributed by atoms with E-state index in [4.69, 9.17) is 0 Å². The molecular formula is C40H28N+. The second-order valence-electron chi connectivity index (χ2n) is 10.7. The van der Waals surface area contributed by atoms with E-state index in [2.05, 4.69) is 170 Å². The van der Waals surface area contributed by atoms with Gasteiger partial charge in [0.1, 0.15) is 0 Å². The topological polar surface area (TPSA) is 0 Å². The smallest absolute Gasteiger partial charge is 0.156 e. The molecule has 0 bridgehead atoms. The largest absolute Gasteiger partial charge is 0.192 e. The lowest BCUT2D eigenvalue weighted by Gasteiger charge is -2.39. The molecule has 0 aliphatic heterocycles. The summed E-state index contributed by atoms with van der Waals surface area (Å²) < 4.78 is 0.450. The minimum Gasteiger partial charge on any atom is -0.192 e. The minimum atomic E-state index is 0.450. The second-order valence-corrected chi connectivity index (χ2v) is 10.7. The zero-order valence-electron chi connectivity index (χ0n) is 22.6. The Bertz CT molecular complexity index is 1880. The van der Waals surface area contributed by atoms with Gasteiger partial charge >= 0.3 is 0 Å². The average molecular weight is 523 g/mol. The highest BCUT2D eigenvalue weighted by Crippen LogP contribution is 2.58. The number of rotatable bonds is 4. The maximum Gasteiger partial charge on any atom is 0.156 e. The molecule has 0 amide bonds. The number of fused-ring (bicyclic) bond motifs is 4. The standard InChI is InChI=1S/C40H28N/c1-5-21-33-29(13-1)17-9-25-37(33)41(38-26-10-18-30-14-2-6-22-34(30)38,39-27-11-19-31-15-3-7-23-35(31)39)40-28-12-20-32-16-4-8-24-36(32)40/h1-28H/q+1. The zero-order chi connectivity index (χ0) is 27.2. The third-order valence-corrected chi connectivity index (χ3v) is 8.51. The van der Waals surface area contributed by atoms with Gasteiger partial charge in [-0.1, -0.05) is 121 Å². The molecule has 0 atom stereocenters. The van der Waals surface area contributed by atoms with Crippen LogP contribution in [0, 0.1) is 0 Å². The molecule has 8 rings (SSSR count). The van der Waals surface area contributed by atoms with Gasteiger partial charge in [-0.3, -0.25) is 0 Å². The van der Waals surface area contributed by atoms with Crippen molar-refractivity contribution >= 4 is 65.8 Å². The predicted octanol–water partition coefficient (Wildman–Crippen LogP) is 11.6. The Kier molecular flexibility index (Phi) is 5.44. The van der Waals surface area contributed by atoms with E-state index in [0.717, 1.165) is 0 Å². The fourth-order valence-corrected chi connectivity index (χ4v) is 6.78. The average Bonchev–Trinajstić information content (AvgIpc) is 3.05. The molecule has 1 heteroatoms. The molecule has 0 aliphatic carbocycles. The van der Waals surface area contributed by atoms with E-state index in [-0.39, 0.29) is 0 Å². The fourth-order valence-electron chi connectivity index (χ4n) is 6.78. The molecule has 0 saturated heterocycles. The summed E-state index contributed by atoms with van der Waals surface area (Å²) in [6.07, 6.45) is 0. The molecule has 0 fully saturated rings. The van der Waals surface area contributed by atoms with Crippen molar-refractivity contribution < 1.29 is 0 Å². The third-order valence-electron chi connectivity index (χ3n) is 8.51. The van der Waals surface area contributed by atoms with Crippen LogP contribution in [0.3, 0.4) is 0 Å². The molecule has 0 spiro atoms. The van der Waals surface area contributed by atoms with Gasteiger partial charge in [0.05, 0.1) is 0 Å². The highest BCUT2D eigenvalue weighted by Gasteiger charge is 2.43. The van der Waals surface area contributed by atoms with Gasteiger partial charge in [-0.15, -0.1) is 0 Å². The highest BCUT2D eigenvalue weighted by molar-refractivity contribution is 6.12. The lowest BCUT2D eigenvalue weighted by Crippen LogP contribution is -2.34. The first-order valence-electron chi connectivity index (χ1n) is 14.2. The normalized spacial score (nSPS) is 11.9. The maximum atomic E-state index is 2.33. The van der Waals surface area contributed by atoms with Crippen molar-refractivity contribution in [2.45, 2.75) is 0 Å². The van der Waals surface area contributed by atoms with Gasteiger partial charge in [0.25, 0.3) is 0 Å². The summed E-state index contributed by atoms with van der Waals surface area (Å²) in [5.41, 5.74) is 4.92. The van der Waals surface area contributed by atoms with Crippen LogP contribution in [0.25, 0.3) is 43.1 Å². The van der Waals surface area contributed by atoms with E-state index < -0.39 is 0 Å². The van der Waals surface area contributed by atoms with Crippen LogP contribution >= 0.6 is 0 Å². The summed E-state index contributed by atoms with van der Waals surface area (Å²) in [7, 11) is 0. The third kappa shape index (κ3) is 3.53. The van der Waals surface area contributed by atoms with Gasteiger partial charge in [0, 0.05) is 45.8 Å². The van der Waals surface area contributed by atoms with Crippen molar-refractivity contribution in [3.8, 4) is 0 Å². The van der Waals surface area contributed by atoms with Gasteiger partial charge in [-0.25, -0.2) is 0 Å². The van der Waals surface area contributed by atoms with Crippen LogP contribution in [-0.4, -0.2) is 0 Å². The van der Waals surface area contributed by atoms with Gasteiger partial charge < -0.3 is 0 Å². The van der Waals surface area contributed by atoms with Crippen molar-refractivity contribution in [3.63, 3.8) is 0 Å². The van der Waals surface area contributed by atoms with Crippen LogP contribution in [0.4, 0.5) is 22.7 Å². The van der Waals surface area contributed by atoms with Crippen LogP contribution in [0.15, 0.2) is 170 Å². The summed E-state index contributed by atoms with van der Waals surface area (Å²) in [5, 5.41) is 9.88. The Hall–Kier alpha value is -5.24. The van der Waals surface area contributed by atoms with Gasteiger partial charge in [-0.2, -0.15) is 4.48 Å². The number of benzene rings is 8. The van der Waals surface area contributed by atoms with Gasteiger partial charge in [0.15, 0.2) is 22.7 Å². The highest BCUT2D eigenvalue weighted by atomic mass is 15.4. The van der Waals surface area contributed by atoms with Crippen molar-refractivity contribution in [3.05, 3.63) is 170 Å². The molecule has 0 aliphatic rings. The van der Waals surface area contributed by atoms with Crippen LogP contribution < -0.4 is 4.48 Å². The molecule has 0 saturated carbocycles. The van der Waals surface area contributed by atoms with Crippen LogP contribution in [0.1, 0.15) is 0 Å². The first kappa shape index (κ1) is 23.6. The molecule has 0 heterocycles. The van der Waals surface area contributed by atoms with E-state index in [9.17, 15) is 0 Å². The second kappa shape index (κ2) is 9.45. The molecule has 0 unspecified atom stereocenters. The molecule has 0 aromatic heterocycles. The lowest BCUT2D eigenvalue weighted by atomic mass is 9.95. The Labute approximate surface area is 239 Å². The van der Waals surface area contributed by atoms with Crippen molar-refractivity contribution in [1.29, 1.82) is 0 Å². The first-order chi connectivity index (χ1) is 20.4. The Morgan fingerprint density at radius 1 is 0.220 bits per heavy atom. The Balaban J connectivity index is 1.70. The van der Waals surface area contributed by atoms with E-state index >= 15 is 0 Å². The number of nitrogens with zero attached hydrogens (tertiary/aromatic N) is 1. The maximum absolute atomic E-state index is 2.33. The molecule has 8 aromatic rings. The van der Waals surface area contributed by atoms with Crippen LogP contribution in [0.5, 0.6) is 0 Å². The summed E-state index contributed by atoms with van der Waals surface area (Å²) in [6, 6.07) is 62.3. The molecule has 8 aromatic carbocycles. The minimum absolute atomic E-state index is 0.450. The first-order valence-corrected chi connectivity index (χ1v) is 14.2. The number of quaternary nitrogens is 1. The Morgan fingerprint density at radius 2 is 0.439 bits per heavy atom. The molecule has 192 valence electrons. The molecule has 0 N–H and O–H groups in total. The molecule has 1 nitrogen and oxygen atoms in total. The summed E-state index contributed by atoms with van der Waals surface area (Å²) >= 11 is 0. The lowest BCUT2D eigenvalue weighted by molar-refractivity contribution is 0.726. The number of hydrogen-bond acceptors (Lipinski definition) is 0. The van der Waals surface area contributed by atoms with Crippen LogP contribution in [0.2, 0.25) is 0 Å². The fraction of sp³-hybridized carbons (Fsp3) is 0. The van der Waals surface area contributed by atoms with Gasteiger partial charge in [0.2, 0.25) is 0 Å². The van der Waals surface area contributed by atoms with E-state index in [1.807, 2.05) is 0 Å². The summed E-state index contributed by atoms with van der Waals surface area (Å²) in [6.45, 7) is 0. The SMILES string of the molecule is c1ccc2c([N+](c3cccc4ccccc34)(c3cccc4ccccc34)c3cccc4ccccc34)cccc2c1. The molecule has 0 radical (unpaired) electrons. The predicted molar refractivity (Wildman–Crippen MR) is 177 cm³/mol.